The highest BCUT2D eigenvalue weighted by atomic mass is 35.5. The van der Waals surface area contributed by atoms with E-state index in [-0.39, 0.29) is 22.5 Å². The van der Waals surface area contributed by atoms with Crippen LogP contribution in [-0.4, -0.2) is 22.4 Å². The zero-order valence-corrected chi connectivity index (χ0v) is 8.69. The molecule has 0 aliphatic carbocycles. The summed E-state index contributed by atoms with van der Waals surface area (Å²) < 4.78 is 6.06. The van der Waals surface area contributed by atoms with Crippen LogP contribution in [0.3, 0.4) is 0 Å². The summed E-state index contributed by atoms with van der Waals surface area (Å²) >= 11 is 11.4. The average molecular weight is 223 g/mol. The summed E-state index contributed by atoms with van der Waals surface area (Å²) in [6, 6.07) is 0. The fraction of sp³-hybridized carbons (Fsp3) is 0.429. The highest BCUT2D eigenvalue weighted by Gasteiger charge is 2.21. The molecule has 1 aromatic rings. The Balaban J connectivity index is 3.06. The van der Waals surface area contributed by atoms with Gasteiger partial charge in [-0.2, -0.15) is 5.10 Å². The number of rotatable bonds is 2. The van der Waals surface area contributed by atoms with Crippen LogP contribution in [0.5, 0.6) is 0 Å². The molecule has 1 aromatic heterocycles. The monoisotopic (exact) mass is 222 g/mol. The minimum Gasteiger partial charge on any atom is -0.462 e. The van der Waals surface area contributed by atoms with Gasteiger partial charge in [-0.1, -0.05) is 23.2 Å². The quantitative estimate of drug-likeness (QED) is 0.719. The first-order valence-corrected chi connectivity index (χ1v) is 4.38. The predicted molar refractivity (Wildman–Crippen MR) is 49.2 cm³/mol. The number of esters is 1. The molecule has 0 amide bonds. The molecule has 0 spiro atoms. The van der Waals surface area contributed by atoms with Gasteiger partial charge in [0, 0.05) is 7.05 Å². The van der Waals surface area contributed by atoms with Crippen LogP contribution in [0.15, 0.2) is 0 Å². The van der Waals surface area contributed by atoms with Crippen molar-refractivity contribution >= 4 is 29.2 Å². The normalized spacial score (nSPS) is 10.2. The molecule has 1 heterocycles. The number of aryl methyl sites for hydroxylation is 1. The maximum atomic E-state index is 11.3. The van der Waals surface area contributed by atoms with Crippen molar-refractivity contribution < 1.29 is 9.53 Å². The lowest BCUT2D eigenvalue weighted by molar-refractivity contribution is 0.0526. The van der Waals surface area contributed by atoms with E-state index in [1.807, 2.05) is 0 Å². The molecular formula is C7H8Cl2N2O2. The number of hydrogen-bond acceptors (Lipinski definition) is 3. The van der Waals surface area contributed by atoms with Crippen molar-refractivity contribution in [3.63, 3.8) is 0 Å². The number of hydrogen-bond donors (Lipinski definition) is 0. The maximum Gasteiger partial charge on any atom is 0.344 e. The standard InChI is InChI=1S/C7H8Cl2N2O2/c1-3-13-7(12)4-5(8)10-11(2)6(4)9/h3H2,1-2H3. The van der Waals surface area contributed by atoms with Crippen LogP contribution < -0.4 is 0 Å². The minimum absolute atomic E-state index is 0.0611. The molecule has 0 aliphatic heterocycles. The molecule has 0 saturated heterocycles. The van der Waals surface area contributed by atoms with Crippen molar-refractivity contribution in [1.29, 1.82) is 0 Å². The Labute approximate surface area is 85.4 Å². The smallest absolute Gasteiger partial charge is 0.344 e. The van der Waals surface area contributed by atoms with Gasteiger partial charge in [0.1, 0.15) is 10.7 Å². The second-order valence-electron chi connectivity index (χ2n) is 2.30. The maximum absolute atomic E-state index is 11.3. The molecule has 4 nitrogen and oxygen atoms in total. The molecule has 0 N–H and O–H groups in total. The molecule has 72 valence electrons. The topological polar surface area (TPSA) is 44.1 Å². The van der Waals surface area contributed by atoms with E-state index < -0.39 is 5.97 Å². The largest absolute Gasteiger partial charge is 0.462 e. The van der Waals surface area contributed by atoms with E-state index in [0.717, 1.165) is 0 Å². The second-order valence-corrected chi connectivity index (χ2v) is 3.02. The number of nitrogens with zero attached hydrogens (tertiary/aromatic N) is 2. The van der Waals surface area contributed by atoms with Crippen LogP contribution in [0, 0.1) is 0 Å². The molecule has 0 bridgehead atoms. The number of carbonyl (C=O) groups excluding carboxylic acids is 1. The third-order valence-electron chi connectivity index (χ3n) is 1.41. The lowest BCUT2D eigenvalue weighted by atomic mass is 10.4. The van der Waals surface area contributed by atoms with Crippen LogP contribution >= 0.6 is 23.2 Å². The van der Waals surface area contributed by atoms with Crippen molar-refractivity contribution in [2.75, 3.05) is 6.61 Å². The summed E-state index contributed by atoms with van der Waals surface area (Å²) in [4.78, 5) is 11.3. The summed E-state index contributed by atoms with van der Waals surface area (Å²) in [6.07, 6.45) is 0. The predicted octanol–water partition coefficient (Wildman–Crippen LogP) is 1.90. The molecule has 0 atom stereocenters. The minimum atomic E-state index is -0.550. The van der Waals surface area contributed by atoms with Crippen molar-refractivity contribution in [3.8, 4) is 0 Å². The van der Waals surface area contributed by atoms with Gasteiger partial charge in [0.05, 0.1) is 6.61 Å². The van der Waals surface area contributed by atoms with Crippen LogP contribution in [0.1, 0.15) is 17.3 Å². The van der Waals surface area contributed by atoms with E-state index in [4.69, 9.17) is 27.9 Å². The second kappa shape index (κ2) is 3.98. The van der Waals surface area contributed by atoms with Crippen molar-refractivity contribution in [2.45, 2.75) is 6.92 Å². The van der Waals surface area contributed by atoms with Crippen molar-refractivity contribution in [1.82, 2.24) is 9.78 Å². The first-order valence-electron chi connectivity index (χ1n) is 3.63. The molecule has 0 fully saturated rings. The Hall–Kier alpha value is -0.740. The van der Waals surface area contributed by atoms with E-state index in [2.05, 4.69) is 5.10 Å². The molecule has 13 heavy (non-hydrogen) atoms. The summed E-state index contributed by atoms with van der Waals surface area (Å²) in [5.41, 5.74) is 0.118. The Morgan fingerprint density at radius 3 is 2.62 bits per heavy atom. The van der Waals surface area contributed by atoms with Crippen molar-refractivity contribution in [2.24, 2.45) is 7.05 Å². The highest BCUT2D eigenvalue weighted by Crippen LogP contribution is 2.23. The van der Waals surface area contributed by atoms with Gasteiger partial charge < -0.3 is 4.74 Å². The van der Waals surface area contributed by atoms with E-state index in [9.17, 15) is 4.79 Å². The molecule has 0 radical (unpaired) electrons. The Kier molecular flexibility index (Phi) is 3.17. The van der Waals surface area contributed by atoms with E-state index in [1.165, 1.54) is 4.68 Å². The molecule has 0 aromatic carbocycles. The molecule has 0 unspecified atom stereocenters. The molecule has 6 heteroatoms. The van der Waals surface area contributed by atoms with Gasteiger partial charge in [-0.25, -0.2) is 4.79 Å². The number of carbonyl (C=O) groups is 1. The SMILES string of the molecule is CCOC(=O)c1c(Cl)nn(C)c1Cl. The van der Waals surface area contributed by atoms with Gasteiger partial charge >= 0.3 is 5.97 Å². The molecule has 0 saturated carbocycles. The van der Waals surface area contributed by atoms with Crippen LogP contribution in [0.4, 0.5) is 0 Å². The van der Waals surface area contributed by atoms with Gasteiger partial charge in [-0.3, -0.25) is 4.68 Å². The Bertz CT molecular complexity index is 335. The zero-order chi connectivity index (χ0) is 10.0. The zero-order valence-electron chi connectivity index (χ0n) is 7.17. The van der Waals surface area contributed by atoms with Gasteiger partial charge in [0.2, 0.25) is 0 Å². The number of aromatic nitrogens is 2. The summed E-state index contributed by atoms with van der Waals surface area (Å²) in [5, 5.41) is 4.01. The molecular weight excluding hydrogens is 215 g/mol. The summed E-state index contributed by atoms with van der Waals surface area (Å²) in [5.74, 6) is -0.550. The first kappa shape index (κ1) is 10.3. The van der Waals surface area contributed by atoms with Crippen LogP contribution in [-0.2, 0) is 11.8 Å². The third-order valence-corrected chi connectivity index (χ3v) is 2.11. The third kappa shape index (κ3) is 1.95. The van der Waals surface area contributed by atoms with E-state index in [0.29, 0.717) is 0 Å². The summed E-state index contributed by atoms with van der Waals surface area (Å²) in [7, 11) is 1.59. The number of halogens is 2. The van der Waals surface area contributed by atoms with Gasteiger partial charge in [0.25, 0.3) is 0 Å². The Morgan fingerprint density at radius 2 is 2.23 bits per heavy atom. The molecule has 1 rings (SSSR count). The van der Waals surface area contributed by atoms with E-state index >= 15 is 0 Å². The lowest BCUT2D eigenvalue weighted by Gasteiger charge is -1.99. The average Bonchev–Trinajstić information content (AvgIpc) is 2.27. The fourth-order valence-electron chi connectivity index (χ4n) is 0.844. The van der Waals surface area contributed by atoms with E-state index in [1.54, 1.807) is 14.0 Å². The molecule has 0 aliphatic rings. The van der Waals surface area contributed by atoms with Crippen LogP contribution in [0.25, 0.3) is 0 Å². The van der Waals surface area contributed by atoms with Gasteiger partial charge in [0.15, 0.2) is 5.15 Å². The number of ether oxygens (including phenoxy) is 1. The Morgan fingerprint density at radius 1 is 1.62 bits per heavy atom. The first-order chi connectivity index (χ1) is 6.07. The summed E-state index contributed by atoms with van der Waals surface area (Å²) in [6.45, 7) is 1.98. The van der Waals surface area contributed by atoms with Gasteiger partial charge in [-0.15, -0.1) is 0 Å². The highest BCUT2D eigenvalue weighted by molar-refractivity contribution is 6.38. The van der Waals surface area contributed by atoms with Gasteiger partial charge in [-0.05, 0) is 6.92 Å². The fourth-order valence-corrected chi connectivity index (χ4v) is 1.38. The van der Waals surface area contributed by atoms with Crippen LogP contribution in [0.2, 0.25) is 10.3 Å². The van der Waals surface area contributed by atoms with Crippen molar-refractivity contribution in [3.05, 3.63) is 15.9 Å². The lowest BCUT2D eigenvalue weighted by Crippen LogP contribution is -2.05.